The highest BCUT2D eigenvalue weighted by Gasteiger charge is 2.27. The second-order valence-electron chi connectivity index (χ2n) is 5.58. The summed E-state index contributed by atoms with van der Waals surface area (Å²) in [6, 6.07) is 11.6. The van der Waals surface area contributed by atoms with Crippen LogP contribution in [0.2, 0.25) is 0 Å². The highest BCUT2D eigenvalue weighted by Crippen LogP contribution is 2.32. The number of para-hydroxylation sites is 1. The van der Waals surface area contributed by atoms with Crippen LogP contribution in [0.25, 0.3) is 10.9 Å². The van der Waals surface area contributed by atoms with Gasteiger partial charge in [0.2, 0.25) is 0 Å². The minimum atomic E-state index is 0.687. The summed E-state index contributed by atoms with van der Waals surface area (Å²) in [5, 5.41) is 5.01. The second-order valence-corrected chi connectivity index (χ2v) is 5.58. The Kier molecular flexibility index (Phi) is 3.13. The van der Waals surface area contributed by atoms with Crippen molar-refractivity contribution < 1.29 is 0 Å². The highest BCUT2D eigenvalue weighted by molar-refractivity contribution is 5.81. The number of hydrogen-bond donors (Lipinski definition) is 1. The molecule has 2 heteroatoms. The molecule has 2 nitrogen and oxygen atoms in total. The average molecular weight is 242 g/mol. The zero-order valence-electron chi connectivity index (χ0n) is 11.3. The molecule has 0 aliphatic heterocycles. The monoisotopic (exact) mass is 242 g/mol. The zero-order valence-corrected chi connectivity index (χ0v) is 11.3. The molecule has 1 N–H and O–H groups in total. The van der Waals surface area contributed by atoms with Crippen molar-refractivity contribution in [1.82, 2.24) is 9.88 Å². The number of aryl methyl sites for hydroxylation is 1. The molecule has 0 saturated heterocycles. The van der Waals surface area contributed by atoms with Crippen LogP contribution in [-0.2, 0) is 6.54 Å². The molecule has 1 saturated carbocycles. The summed E-state index contributed by atoms with van der Waals surface area (Å²) in [5.41, 5.74) is 2.72. The third-order valence-electron chi connectivity index (χ3n) is 4.15. The Balaban J connectivity index is 1.68. The molecule has 1 aromatic carbocycles. The first-order valence-corrected chi connectivity index (χ1v) is 7.04. The molecule has 1 heterocycles. The number of aromatic nitrogens is 1. The molecule has 96 valence electrons. The normalized spacial score (nSPS) is 17.2. The fraction of sp³-hybridized carbons (Fsp3) is 0.500. The van der Waals surface area contributed by atoms with Crippen molar-refractivity contribution in [2.45, 2.75) is 39.3 Å². The quantitative estimate of drug-likeness (QED) is 0.851. The van der Waals surface area contributed by atoms with Crippen molar-refractivity contribution in [2.24, 2.45) is 5.92 Å². The van der Waals surface area contributed by atoms with E-state index in [4.69, 9.17) is 0 Å². The number of hydrogen-bond acceptors (Lipinski definition) is 1. The fourth-order valence-corrected chi connectivity index (χ4v) is 2.81. The summed E-state index contributed by atoms with van der Waals surface area (Å²) in [7, 11) is 0. The average Bonchev–Trinajstić information content (AvgIpc) is 3.15. The van der Waals surface area contributed by atoms with E-state index in [1.807, 2.05) is 0 Å². The molecule has 1 fully saturated rings. The van der Waals surface area contributed by atoms with Crippen LogP contribution < -0.4 is 5.32 Å². The van der Waals surface area contributed by atoms with Crippen LogP contribution in [0.4, 0.5) is 0 Å². The van der Waals surface area contributed by atoms with E-state index in [0.29, 0.717) is 6.04 Å². The number of nitrogens with zero attached hydrogens (tertiary/aromatic N) is 1. The molecule has 0 amide bonds. The molecule has 1 aliphatic carbocycles. The number of nitrogens with one attached hydrogen (secondary N) is 1. The van der Waals surface area contributed by atoms with Crippen LogP contribution >= 0.6 is 0 Å². The first kappa shape index (κ1) is 11.8. The maximum Gasteiger partial charge on any atom is 0.0482 e. The van der Waals surface area contributed by atoms with E-state index in [2.05, 4.69) is 54.1 Å². The van der Waals surface area contributed by atoms with Crippen molar-refractivity contribution in [3.8, 4) is 0 Å². The number of fused-ring (bicyclic) bond motifs is 1. The van der Waals surface area contributed by atoms with E-state index in [1.54, 1.807) is 0 Å². The largest absolute Gasteiger partial charge is 0.344 e. The van der Waals surface area contributed by atoms with Crippen LogP contribution in [0.15, 0.2) is 30.3 Å². The molecule has 0 bridgehead atoms. The Bertz CT molecular complexity index is 537. The molecule has 1 unspecified atom stereocenters. The van der Waals surface area contributed by atoms with Crippen molar-refractivity contribution in [1.29, 1.82) is 0 Å². The predicted octanol–water partition coefficient (Wildman–Crippen LogP) is 3.34. The predicted molar refractivity (Wildman–Crippen MR) is 76.9 cm³/mol. The van der Waals surface area contributed by atoms with Gasteiger partial charge in [0.25, 0.3) is 0 Å². The van der Waals surface area contributed by atoms with Gasteiger partial charge in [-0.15, -0.1) is 0 Å². The Morgan fingerprint density at radius 1 is 1.33 bits per heavy atom. The lowest BCUT2D eigenvalue weighted by Crippen LogP contribution is -2.31. The van der Waals surface area contributed by atoms with E-state index in [-0.39, 0.29) is 0 Å². The lowest BCUT2D eigenvalue weighted by Gasteiger charge is -2.14. The lowest BCUT2D eigenvalue weighted by atomic mass is 10.2. The first-order valence-electron chi connectivity index (χ1n) is 7.04. The highest BCUT2D eigenvalue weighted by atomic mass is 15.0. The smallest absolute Gasteiger partial charge is 0.0482 e. The van der Waals surface area contributed by atoms with Crippen LogP contribution in [0.3, 0.4) is 0 Å². The van der Waals surface area contributed by atoms with Gasteiger partial charge in [0.1, 0.15) is 0 Å². The molecule has 18 heavy (non-hydrogen) atoms. The van der Waals surface area contributed by atoms with Crippen LogP contribution in [-0.4, -0.2) is 17.2 Å². The Morgan fingerprint density at radius 3 is 2.89 bits per heavy atom. The standard InChI is InChI=1S/C16H22N2/c1-12-11-15-5-3-4-6-16(15)18(12)10-9-17-13(2)14-7-8-14/h3-6,11,13-14,17H,7-10H2,1-2H3. The van der Waals surface area contributed by atoms with Crippen LogP contribution in [0, 0.1) is 12.8 Å². The van der Waals surface area contributed by atoms with Gasteiger partial charge in [0.05, 0.1) is 0 Å². The van der Waals surface area contributed by atoms with Gasteiger partial charge in [0.15, 0.2) is 0 Å². The Morgan fingerprint density at radius 2 is 2.11 bits per heavy atom. The van der Waals surface area contributed by atoms with Crippen molar-refractivity contribution in [3.05, 3.63) is 36.0 Å². The molecule has 0 spiro atoms. The molecule has 1 aliphatic rings. The van der Waals surface area contributed by atoms with Gasteiger partial charge < -0.3 is 9.88 Å². The van der Waals surface area contributed by atoms with Gasteiger partial charge >= 0.3 is 0 Å². The maximum absolute atomic E-state index is 3.65. The van der Waals surface area contributed by atoms with E-state index in [9.17, 15) is 0 Å². The van der Waals surface area contributed by atoms with Crippen LogP contribution in [0.1, 0.15) is 25.5 Å². The van der Waals surface area contributed by atoms with Crippen molar-refractivity contribution in [3.63, 3.8) is 0 Å². The van der Waals surface area contributed by atoms with Crippen molar-refractivity contribution >= 4 is 10.9 Å². The summed E-state index contributed by atoms with van der Waals surface area (Å²) in [4.78, 5) is 0. The molecule has 2 aromatic rings. The van der Waals surface area contributed by atoms with E-state index >= 15 is 0 Å². The number of rotatable bonds is 5. The Hall–Kier alpha value is -1.28. The van der Waals surface area contributed by atoms with E-state index in [1.165, 1.54) is 29.4 Å². The van der Waals surface area contributed by atoms with Gasteiger partial charge in [0, 0.05) is 30.3 Å². The van der Waals surface area contributed by atoms with Gasteiger partial charge in [-0.05, 0) is 50.1 Å². The van der Waals surface area contributed by atoms with Gasteiger partial charge in [-0.3, -0.25) is 0 Å². The van der Waals surface area contributed by atoms with Gasteiger partial charge in [-0.1, -0.05) is 18.2 Å². The third-order valence-corrected chi connectivity index (χ3v) is 4.15. The molecule has 0 radical (unpaired) electrons. The summed E-state index contributed by atoms with van der Waals surface area (Å²) >= 11 is 0. The second kappa shape index (κ2) is 4.77. The van der Waals surface area contributed by atoms with E-state index < -0.39 is 0 Å². The minimum Gasteiger partial charge on any atom is -0.344 e. The lowest BCUT2D eigenvalue weighted by molar-refractivity contribution is 0.477. The molecular weight excluding hydrogens is 220 g/mol. The Labute approximate surface area is 109 Å². The maximum atomic E-state index is 3.65. The minimum absolute atomic E-state index is 0.687. The first-order chi connectivity index (χ1) is 8.75. The van der Waals surface area contributed by atoms with Gasteiger partial charge in [-0.25, -0.2) is 0 Å². The van der Waals surface area contributed by atoms with Crippen molar-refractivity contribution in [2.75, 3.05) is 6.54 Å². The summed E-state index contributed by atoms with van der Waals surface area (Å²) in [6.45, 7) is 6.65. The van der Waals surface area contributed by atoms with E-state index in [0.717, 1.165) is 19.0 Å². The zero-order chi connectivity index (χ0) is 12.5. The number of benzene rings is 1. The summed E-state index contributed by atoms with van der Waals surface area (Å²) < 4.78 is 2.42. The summed E-state index contributed by atoms with van der Waals surface area (Å²) in [6.07, 6.45) is 2.83. The summed E-state index contributed by atoms with van der Waals surface area (Å²) in [5.74, 6) is 0.938. The molecule has 3 rings (SSSR count). The topological polar surface area (TPSA) is 17.0 Å². The SMILES string of the molecule is Cc1cc2ccccc2n1CCNC(C)C1CC1. The fourth-order valence-electron chi connectivity index (χ4n) is 2.81. The third kappa shape index (κ3) is 2.30. The molecule has 1 aromatic heterocycles. The molecular formula is C16H22N2. The molecule has 1 atom stereocenters. The van der Waals surface area contributed by atoms with Gasteiger partial charge in [-0.2, -0.15) is 0 Å². The van der Waals surface area contributed by atoms with Crippen LogP contribution in [0.5, 0.6) is 0 Å².